The first-order chi connectivity index (χ1) is 16.0. The summed E-state index contributed by atoms with van der Waals surface area (Å²) in [6.45, 7) is 1.95. The van der Waals surface area contributed by atoms with Gasteiger partial charge in [0.25, 0.3) is 5.91 Å². The van der Waals surface area contributed by atoms with Crippen molar-refractivity contribution in [1.82, 2.24) is 14.9 Å². The van der Waals surface area contributed by atoms with Crippen molar-refractivity contribution < 1.29 is 14.3 Å². The van der Waals surface area contributed by atoms with Gasteiger partial charge in [0.1, 0.15) is 12.4 Å². The number of nitrogens with zero attached hydrogens (tertiary/aromatic N) is 2. The van der Waals surface area contributed by atoms with Gasteiger partial charge < -0.3 is 19.9 Å². The number of benzene rings is 2. The molecule has 0 aliphatic carbocycles. The highest BCUT2D eigenvalue weighted by atomic mass is 32.1. The number of hydrogen-bond donors (Lipinski definition) is 2. The SMILES string of the molecule is CC[C@@H](NC(=O)c1cc(NC(=O)COC)c2c(c1)nc(-c1ccccc1)n2C)c1cccs1. The Kier molecular flexibility index (Phi) is 6.86. The van der Waals surface area contributed by atoms with Gasteiger partial charge in [-0.15, -0.1) is 11.3 Å². The maximum absolute atomic E-state index is 13.2. The largest absolute Gasteiger partial charge is 0.375 e. The van der Waals surface area contributed by atoms with E-state index in [0.717, 1.165) is 28.2 Å². The number of amides is 2. The van der Waals surface area contributed by atoms with Gasteiger partial charge in [-0.05, 0) is 30.0 Å². The van der Waals surface area contributed by atoms with Crippen molar-refractivity contribution in [3.05, 3.63) is 70.4 Å². The summed E-state index contributed by atoms with van der Waals surface area (Å²) in [5.41, 5.74) is 3.25. The minimum atomic E-state index is -0.302. The molecule has 2 aromatic heterocycles. The average Bonchev–Trinajstić information content (AvgIpc) is 3.46. The van der Waals surface area contributed by atoms with Crippen LogP contribution in [0, 0.1) is 0 Å². The molecule has 0 bridgehead atoms. The van der Waals surface area contributed by atoms with Gasteiger partial charge in [-0.25, -0.2) is 4.98 Å². The predicted molar refractivity (Wildman–Crippen MR) is 131 cm³/mol. The lowest BCUT2D eigenvalue weighted by molar-refractivity contribution is -0.119. The van der Waals surface area contributed by atoms with E-state index in [9.17, 15) is 9.59 Å². The molecule has 4 aromatic rings. The molecule has 0 aliphatic heterocycles. The van der Waals surface area contributed by atoms with Crippen molar-refractivity contribution in [2.75, 3.05) is 19.0 Å². The van der Waals surface area contributed by atoms with Gasteiger partial charge in [0, 0.05) is 30.2 Å². The summed E-state index contributed by atoms with van der Waals surface area (Å²) in [6.07, 6.45) is 0.771. The zero-order chi connectivity index (χ0) is 23.4. The molecular formula is C25H26N4O3S. The monoisotopic (exact) mass is 462 g/mol. The number of ether oxygens (including phenoxy) is 1. The van der Waals surface area contributed by atoms with Gasteiger partial charge in [0.05, 0.1) is 22.8 Å². The fraction of sp³-hybridized carbons (Fsp3) is 0.240. The lowest BCUT2D eigenvalue weighted by atomic mass is 10.1. The van der Waals surface area contributed by atoms with Gasteiger partial charge in [0.2, 0.25) is 5.91 Å². The third-order valence-electron chi connectivity index (χ3n) is 5.41. The number of carbonyl (C=O) groups excluding carboxylic acids is 2. The Hall–Kier alpha value is -3.49. The molecule has 7 nitrogen and oxygen atoms in total. The zero-order valence-corrected chi connectivity index (χ0v) is 19.6. The van der Waals surface area contributed by atoms with E-state index in [-0.39, 0.29) is 24.5 Å². The zero-order valence-electron chi connectivity index (χ0n) is 18.8. The lowest BCUT2D eigenvalue weighted by Crippen LogP contribution is -2.28. The molecule has 0 saturated carbocycles. The molecule has 8 heteroatoms. The summed E-state index contributed by atoms with van der Waals surface area (Å²) < 4.78 is 6.89. The third-order valence-corrected chi connectivity index (χ3v) is 6.40. The van der Waals surface area contributed by atoms with Crippen LogP contribution in [0.4, 0.5) is 5.69 Å². The Morgan fingerprint density at radius 1 is 1.15 bits per heavy atom. The van der Waals surface area contributed by atoms with Crippen LogP contribution in [-0.2, 0) is 16.6 Å². The Labute approximate surface area is 196 Å². The summed E-state index contributed by atoms with van der Waals surface area (Å²) >= 11 is 1.61. The predicted octanol–water partition coefficient (Wildman–Crippen LogP) is 4.77. The molecule has 2 aromatic carbocycles. The second-order valence-electron chi connectivity index (χ2n) is 7.68. The Morgan fingerprint density at radius 3 is 2.61 bits per heavy atom. The maximum Gasteiger partial charge on any atom is 0.251 e. The van der Waals surface area contributed by atoms with Crippen molar-refractivity contribution in [1.29, 1.82) is 0 Å². The minimum Gasteiger partial charge on any atom is -0.375 e. The van der Waals surface area contributed by atoms with Crippen LogP contribution in [0.1, 0.15) is 34.6 Å². The molecule has 0 saturated heterocycles. The van der Waals surface area contributed by atoms with E-state index < -0.39 is 0 Å². The first-order valence-electron chi connectivity index (χ1n) is 10.7. The molecule has 0 spiro atoms. The number of rotatable bonds is 8. The smallest absolute Gasteiger partial charge is 0.251 e. The lowest BCUT2D eigenvalue weighted by Gasteiger charge is -2.16. The van der Waals surface area contributed by atoms with Crippen LogP contribution in [0.3, 0.4) is 0 Å². The molecule has 0 aliphatic rings. The molecule has 2 heterocycles. The molecule has 1 atom stereocenters. The number of nitrogens with one attached hydrogen (secondary N) is 2. The van der Waals surface area contributed by atoms with Crippen LogP contribution in [0.2, 0.25) is 0 Å². The Balaban J connectivity index is 1.77. The molecular weight excluding hydrogens is 436 g/mol. The van der Waals surface area contributed by atoms with Crippen LogP contribution >= 0.6 is 11.3 Å². The number of carbonyl (C=O) groups is 2. The molecule has 0 unspecified atom stereocenters. The van der Waals surface area contributed by atoms with Crippen LogP contribution in [-0.4, -0.2) is 35.1 Å². The fourth-order valence-corrected chi connectivity index (χ4v) is 4.71. The van der Waals surface area contributed by atoms with E-state index in [0.29, 0.717) is 16.8 Å². The summed E-state index contributed by atoms with van der Waals surface area (Å²) in [5, 5.41) is 7.99. The average molecular weight is 463 g/mol. The maximum atomic E-state index is 13.2. The van der Waals surface area contributed by atoms with Gasteiger partial charge in [-0.2, -0.15) is 0 Å². The highest BCUT2D eigenvalue weighted by Gasteiger charge is 2.20. The van der Waals surface area contributed by atoms with Crippen molar-refractivity contribution in [3.8, 4) is 11.4 Å². The first-order valence-corrected chi connectivity index (χ1v) is 11.6. The fourth-order valence-electron chi connectivity index (χ4n) is 3.85. The number of imidazole rings is 1. The molecule has 33 heavy (non-hydrogen) atoms. The number of anilines is 1. The quantitative estimate of drug-likeness (QED) is 0.395. The number of hydrogen-bond acceptors (Lipinski definition) is 5. The van der Waals surface area contributed by atoms with Crippen LogP contribution < -0.4 is 10.6 Å². The van der Waals surface area contributed by atoms with E-state index >= 15 is 0 Å². The highest BCUT2D eigenvalue weighted by molar-refractivity contribution is 7.10. The van der Waals surface area contributed by atoms with Gasteiger partial charge >= 0.3 is 0 Å². The van der Waals surface area contributed by atoms with Crippen molar-refractivity contribution in [3.63, 3.8) is 0 Å². The van der Waals surface area contributed by atoms with E-state index in [4.69, 9.17) is 9.72 Å². The van der Waals surface area contributed by atoms with E-state index in [1.807, 2.05) is 66.4 Å². The van der Waals surface area contributed by atoms with Gasteiger partial charge in [-0.1, -0.05) is 43.3 Å². The van der Waals surface area contributed by atoms with Crippen molar-refractivity contribution in [2.24, 2.45) is 7.05 Å². The number of fused-ring (bicyclic) bond motifs is 1. The van der Waals surface area contributed by atoms with Gasteiger partial charge in [-0.3, -0.25) is 9.59 Å². The second kappa shape index (κ2) is 9.97. The molecule has 4 rings (SSSR count). The number of aromatic nitrogens is 2. The summed E-state index contributed by atoms with van der Waals surface area (Å²) in [5.74, 6) is 0.227. The molecule has 170 valence electrons. The second-order valence-corrected chi connectivity index (χ2v) is 8.66. The van der Waals surface area contributed by atoms with Crippen LogP contribution in [0.15, 0.2) is 60.0 Å². The van der Waals surface area contributed by atoms with Crippen LogP contribution in [0.25, 0.3) is 22.4 Å². The summed E-state index contributed by atoms with van der Waals surface area (Å²) in [6, 6.07) is 17.2. The summed E-state index contributed by atoms with van der Waals surface area (Å²) in [4.78, 5) is 31.4. The minimum absolute atomic E-state index is 0.0802. The first kappa shape index (κ1) is 22.7. The molecule has 2 N–H and O–H groups in total. The van der Waals surface area contributed by atoms with E-state index in [1.165, 1.54) is 7.11 Å². The Bertz CT molecular complexity index is 1270. The van der Waals surface area contributed by atoms with E-state index in [1.54, 1.807) is 23.5 Å². The standard InChI is InChI=1S/C25H26N4O3S/c1-4-18(21-11-8-12-33-21)28-25(31)17-13-19(26-22(30)15-32-3)23-20(14-17)27-24(29(23)2)16-9-6-5-7-10-16/h5-14,18H,4,15H2,1-3H3,(H,26,30)(H,28,31)/t18-/m1/s1. The van der Waals surface area contributed by atoms with Gasteiger partial charge in [0.15, 0.2) is 0 Å². The topological polar surface area (TPSA) is 85.2 Å². The van der Waals surface area contributed by atoms with Crippen LogP contribution in [0.5, 0.6) is 0 Å². The Morgan fingerprint density at radius 2 is 1.94 bits per heavy atom. The molecule has 0 fully saturated rings. The van der Waals surface area contributed by atoms with Crippen molar-refractivity contribution >= 4 is 39.9 Å². The van der Waals surface area contributed by atoms with E-state index in [2.05, 4.69) is 10.6 Å². The summed E-state index contributed by atoms with van der Waals surface area (Å²) in [7, 11) is 3.36. The normalized spacial score (nSPS) is 12.0. The molecule has 0 radical (unpaired) electrons. The molecule has 2 amide bonds. The number of aryl methyl sites for hydroxylation is 1. The third kappa shape index (κ3) is 4.81. The number of methoxy groups -OCH3 is 1. The van der Waals surface area contributed by atoms with Crippen molar-refractivity contribution in [2.45, 2.75) is 19.4 Å². The highest BCUT2D eigenvalue weighted by Crippen LogP contribution is 2.31. The number of thiophene rings is 1.